The molecule has 1 aromatic rings. The Labute approximate surface area is 87.0 Å². The predicted molar refractivity (Wildman–Crippen MR) is 50.9 cm³/mol. The van der Waals surface area contributed by atoms with E-state index in [9.17, 15) is 9.18 Å². The summed E-state index contributed by atoms with van der Waals surface area (Å²) in [5.74, 6) is -0.677. The van der Waals surface area contributed by atoms with Gasteiger partial charge in [0.15, 0.2) is 0 Å². The molecule has 4 nitrogen and oxygen atoms in total. The Bertz CT molecular complexity index is 368. The molecule has 0 aliphatic rings. The molecule has 1 atom stereocenters. The summed E-state index contributed by atoms with van der Waals surface area (Å²) in [5, 5.41) is 0. The quantitative estimate of drug-likeness (QED) is 0.719. The Morgan fingerprint density at radius 1 is 1.60 bits per heavy atom. The molecule has 0 N–H and O–H groups in total. The molecule has 0 aliphatic carbocycles. The molecule has 1 rings (SSSR count). The zero-order valence-corrected chi connectivity index (χ0v) is 8.78. The first-order chi connectivity index (χ1) is 7.04. The number of methoxy groups -OCH3 is 1. The lowest BCUT2D eigenvalue weighted by Gasteiger charge is -2.14. The molecule has 82 valence electrons. The molecular weight excluding hydrogens is 201 g/mol. The van der Waals surface area contributed by atoms with Gasteiger partial charge in [-0.1, -0.05) is 0 Å². The third-order valence-corrected chi connectivity index (χ3v) is 1.82. The van der Waals surface area contributed by atoms with Gasteiger partial charge in [-0.05, 0) is 13.0 Å². The van der Waals surface area contributed by atoms with Crippen molar-refractivity contribution in [2.45, 2.75) is 20.0 Å². The number of nitrogens with zero attached hydrogens (tertiary/aromatic N) is 1. The lowest BCUT2D eigenvalue weighted by atomic mass is 10.2. The number of hydrogen-bond donors (Lipinski definition) is 0. The number of carbonyl (C=O) groups is 1. The number of hydrogen-bond acceptors (Lipinski definition) is 4. The predicted octanol–water partition coefficient (Wildman–Crippen LogP) is 1.85. The maximum Gasteiger partial charge on any atom is 0.303 e. The van der Waals surface area contributed by atoms with Crippen molar-refractivity contribution in [2.75, 3.05) is 7.11 Å². The molecule has 5 heteroatoms. The fourth-order valence-electron chi connectivity index (χ4n) is 1.22. The summed E-state index contributed by atoms with van der Waals surface area (Å²) in [7, 11) is 1.42. The van der Waals surface area contributed by atoms with Gasteiger partial charge in [-0.3, -0.25) is 4.79 Å². The van der Waals surface area contributed by atoms with Crippen molar-refractivity contribution >= 4 is 5.97 Å². The fourth-order valence-corrected chi connectivity index (χ4v) is 1.22. The average molecular weight is 213 g/mol. The van der Waals surface area contributed by atoms with Crippen LogP contribution in [-0.2, 0) is 9.53 Å². The third-order valence-electron chi connectivity index (χ3n) is 1.82. The van der Waals surface area contributed by atoms with Crippen molar-refractivity contribution < 1.29 is 18.7 Å². The zero-order valence-electron chi connectivity index (χ0n) is 8.78. The summed E-state index contributed by atoms with van der Waals surface area (Å²) >= 11 is 0. The van der Waals surface area contributed by atoms with Crippen molar-refractivity contribution in [3.05, 3.63) is 23.6 Å². The normalized spacial score (nSPS) is 12.0. The van der Waals surface area contributed by atoms with E-state index in [0.29, 0.717) is 5.56 Å². The van der Waals surface area contributed by atoms with Gasteiger partial charge in [0.1, 0.15) is 11.9 Å². The summed E-state index contributed by atoms with van der Waals surface area (Å²) in [6.45, 7) is 2.91. The highest BCUT2D eigenvalue weighted by molar-refractivity contribution is 5.66. The Balaban J connectivity index is 2.99. The highest BCUT2D eigenvalue weighted by atomic mass is 19.1. The number of rotatable bonds is 3. The Morgan fingerprint density at radius 2 is 2.27 bits per heavy atom. The second-order valence-corrected chi connectivity index (χ2v) is 3.00. The van der Waals surface area contributed by atoms with Crippen molar-refractivity contribution in [3.8, 4) is 5.88 Å². The molecule has 0 amide bonds. The van der Waals surface area contributed by atoms with Crippen LogP contribution in [0.25, 0.3) is 0 Å². The van der Waals surface area contributed by atoms with Crippen LogP contribution < -0.4 is 4.74 Å². The molecule has 0 radical (unpaired) electrons. The number of halogens is 1. The van der Waals surface area contributed by atoms with Gasteiger partial charge in [-0.25, -0.2) is 9.37 Å². The largest absolute Gasteiger partial charge is 0.481 e. The van der Waals surface area contributed by atoms with Gasteiger partial charge in [0.25, 0.3) is 0 Å². The first-order valence-electron chi connectivity index (χ1n) is 4.41. The Hall–Kier alpha value is -1.65. The van der Waals surface area contributed by atoms with E-state index < -0.39 is 17.9 Å². The van der Waals surface area contributed by atoms with Crippen molar-refractivity contribution in [3.63, 3.8) is 0 Å². The molecule has 0 fully saturated rings. The molecule has 0 spiro atoms. The summed E-state index contributed by atoms with van der Waals surface area (Å²) in [4.78, 5) is 14.5. The second-order valence-electron chi connectivity index (χ2n) is 3.00. The lowest BCUT2D eigenvalue weighted by Crippen LogP contribution is -2.07. The van der Waals surface area contributed by atoms with Gasteiger partial charge < -0.3 is 9.47 Å². The average Bonchev–Trinajstić information content (AvgIpc) is 2.16. The lowest BCUT2D eigenvalue weighted by molar-refractivity contribution is -0.145. The standard InChI is InChI=1S/C10H12FNO3/c1-6(15-7(2)13)9-4-8(11)5-12-10(9)14-3/h4-6H,1-3H3. The highest BCUT2D eigenvalue weighted by Gasteiger charge is 2.16. The molecule has 0 aromatic carbocycles. The first kappa shape index (κ1) is 11.4. The maximum absolute atomic E-state index is 12.9. The van der Waals surface area contributed by atoms with E-state index in [0.717, 1.165) is 6.20 Å². The SMILES string of the molecule is COc1ncc(F)cc1C(C)OC(C)=O. The van der Waals surface area contributed by atoms with Crippen LogP contribution in [0, 0.1) is 5.82 Å². The summed E-state index contributed by atoms with van der Waals surface area (Å²) in [5.41, 5.74) is 0.410. The third kappa shape index (κ3) is 2.90. The smallest absolute Gasteiger partial charge is 0.303 e. The van der Waals surface area contributed by atoms with Crippen LogP contribution in [0.5, 0.6) is 5.88 Å². The van der Waals surface area contributed by atoms with Crippen LogP contribution in [0.3, 0.4) is 0 Å². The molecule has 1 unspecified atom stereocenters. The molecule has 0 saturated carbocycles. The van der Waals surface area contributed by atoms with Crippen molar-refractivity contribution in [1.29, 1.82) is 0 Å². The van der Waals surface area contributed by atoms with Crippen LogP contribution in [-0.4, -0.2) is 18.1 Å². The number of carbonyl (C=O) groups excluding carboxylic acids is 1. The van der Waals surface area contributed by atoms with E-state index in [1.165, 1.54) is 20.1 Å². The van der Waals surface area contributed by atoms with Crippen LogP contribution in [0.15, 0.2) is 12.3 Å². The molecule has 1 heterocycles. The minimum absolute atomic E-state index is 0.255. The number of aromatic nitrogens is 1. The van der Waals surface area contributed by atoms with Crippen LogP contribution in [0.2, 0.25) is 0 Å². The molecular formula is C10H12FNO3. The van der Waals surface area contributed by atoms with E-state index in [1.54, 1.807) is 6.92 Å². The van der Waals surface area contributed by atoms with Gasteiger partial charge in [-0.15, -0.1) is 0 Å². The van der Waals surface area contributed by atoms with Crippen LogP contribution in [0.1, 0.15) is 25.5 Å². The van der Waals surface area contributed by atoms with E-state index in [-0.39, 0.29) is 5.88 Å². The zero-order chi connectivity index (χ0) is 11.4. The van der Waals surface area contributed by atoms with E-state index >= 15 is 0 Å². The summed E-state index contributed by atoms with van der Waals surface area (Å²) in [6.07, 6.45) is 0.462. The maximum atomic E-state index is 12.9. The summed E-state index contributed by atoms with van der Waals surface area (Å²) in [6, 6.07) is 1.24. The van der Waals surface area contributed by atoms with Gasteiger partial charge in [0, 0.05) is 6.92 Å². The fraction of sp³-hybridized carbons (Fsp3) is 0.400. The Kier molecular flexibility index (Phi) is 3.60. The number of pyridine rings is 1. The molecule has 0 aliphatic heterocycles. The molecule has 1 aromatic heterocycles. The monoisotopic (exact) mass is 213 g/mol. The molecule has 0 saturated heterocycles. The highest BCUT2D eigenvalue weighted by Crippen LogP contribution is 2.25. The van der Waals surface area contributed by atoms with E-state index in [4.69, 9.17) is 9.47 Å². The van der Waals surface area contributed by atoms with Crippen molar-refractivity contribution in [2.24, 2.45) is 0 Å². The Morgan fingerprint density at radius 3 is 2.80 bits per heavy atom. The topological polar surface area (TPSA) is 48.4 Å². The van der Waals surface area contributed by atoms with E-state index in [1.807, 2.05) is 0 Å². The minimum Gasteiger partial charge on any atom is -0.481 e. The molecule has 15 heavy (non-hydrogen) atoms. The summed E-state index contributed by atoms with van der Waals surface area (Å²) < 4.78 is 22.8. The number of ether oxygens (including phenoxy) is 2. The van der Waals surface area contributed by atoms with Gasteiger partial charge in [0.05, 0.1) is 18.9 Å². The van der Waals surface area contributed by atoms with Gasteiger partial charge in [0.2, 0.25) is 5.88 Å². The first-order valence-corrected chi connectivity index (χ1v) is 4.41. The van der Waals surface area contributed by atoms with Gasteiger partial charge >= 0.3 is 5.97 Å². The second kappa shape index (κ2) is 4.72. The van der Waals surface area contributed by atoms with Crippen molar-refractivity contribution in [1.82, 2.24) is 4.98 Å². The van der Waals surface area contributed by atoms with Crippen LogP contribution >= 0.6 is 0 Å². The minimum atomic E-state index is -0.583. The van der Waals surface area contributed by atoms with E-state index in [2.05, 4.69) is 4.98 Å². The van der Waals surface area contributed by atoms with Gasteiger partial charge in [-0.2, -0.15) is 0 Å². The number of esters is 1. The molecule has 0 bridgehead atoms. The van der Waals surface area contributed by atoms with Crippen LogP contribution in [0.4, 0.5) is 4.39 Å².